The van der Waals surface area contributed by atoms with Crippen LogP contribution in [0.1, 0.15) is 38.0 Å². The van der Waals surface area contributed by atoms with Crippen molar-refractivity contribution in [3.8, 4) is 0 Å². The fourth-order valence-electron chi connectivity index (χ4n) is 2.93. The molecular formula is C16H18O3. The maximum atomic E-state index is 11.7. The third-order valence-corrected chi connectivity index (χ3v) is 3.87. The molecule has 0 N–H and O–H groups in total. The lowest BCUT2D eigenvalue weighted by Crippen LogP contribution is -2.35. The standard InChI is InChI=1S/C16H18O3/c1-3-12-13-6-4-5-7-14(13)19-15(12)16(2)10-11(17)8-9-18-16/h4-7H,3,8-10H2,1-2H3. The van der Waals surface area contributed by atoms with Gasteiger partial charge in [0.1, 0.15) is 22.7 Å². The van der Waals surface area contributed by atoms with E-state index in [1.807, 2.05) is 25.1 Å². The Hall–Kier alpha value is -1.61. The Morgan fingerprint density at radius 2 is 2.11 bits per heavy atom. The quantitative estimate of drug-likeness (QED) is 0.826. The Labute approximate surface area is 112 Å². The number of benzene rings is 1. The molecule has 1 fully saturated rings. The molecule has 1 aliphatic heterocycles. The molecule has 1 aliphatic rings. The van der Waals surface area contributed by atoms with Gasteiger partial charge in [0, 0.05) is 23.8 Å². The largest absolute Gasteiger partial charge is 0.458 e. The van der Waals surface area contributed by atoms with Gasteiger partial charge in [0.15, 0.2) is 0 Å². The third-order valence-electron chi connectivity index (χ3n) is 3.87. The zero-order valence-electron chi connectivity index (χ0n) is 11.4. The van der Waals surface area contributed by atoms with Crippen LogP contribution in [0.4, 0.5) is 0 Å². The molecule has 0 bridgehead atoms. The van der Waals surface area contributed by atoms with Crippen molar-refractivity contribution in [3.63, 3.8) is 0 Å². The van der Waals surface area contributed by atoms with Gasteiger partial charge in [0.05, 0.1) is 6.61 Å². The number of Topliss-reactive ketones (excluding diaryl/α,β-unsaturated/α-hetero) is 1. The van der Waals surface area contributed by atoms with E-state index in [1.54, 1.807) is 0 Å². The molecule has 1 aromatic carbocycles. The second-order valence-electron chi connectivity index (χ2n) is 5.30. The van der Waals surface area contributed by atoms with Crippen molar-refractivity contribution >= 4 is 16.8 Å². The molecule has 1 aromatic heterocycles. The van der Waals surface area contributed by atoms with E-state index < -0.39 is 5.60 Å². The number of ketones is 1. The van der Waals surface area contributed by atoms with Gasteiger partial charge in [-0.2, -0.15) is 0 Å². The van der Waals surface area contributed by atoms with Gasteiger partial charge in [0.2, 0.25) is 0 Å². The van der Waals surface area contributed by atoms with E-state index >= 15 is 0 Å². The molecular weight excluding hydrogens is 240 g/mol. The molecule has 19 heavy (non-hydrogen) atoms. The van der Waals surface area contributed by atoms with Gasteiger partial charge in [-0.25, -0.2) is 0 Å². The summed E-state index contributed by atoms with van der Waals surface area (Å²) < 4.78 is 11.9. The summed E-state index contributed by atoms with van der Waals surface area (Å²) in [6.45, 7) is 4.55. The van der Waals surface area contributed by atoms with Crippen molar-refractivity contribution in [3.05, 3.63) is 35.6 Å². The Kier molecular flexibility index (Phi) is 2.94. The Balaban J connectivity index is 2.16. The molecule has 0 radical (unpaired) electrons. The lowest BCUT2D eigenvalue weighted by Gasteiger charge is -2.31. The van der Waals surface area contributed by atoms with Gasteiger partial charge < -0.3 is 9.15 Å². The zero-order valence-corrected chi connectivity index (χ0v) is 11.4. The summed E-state index contributed by atoms with van der Waals surface area (Å²) in [6, 6.07) is 8.00. The minimum absolute atomic E-state index is 0.247. The molecule has 3 rings (SSSR count). The first-order valence-corrected chi connectivity index (χ1v) is 6.80. The van der Waals surface area contributed by atoms with Crippen LogP contribution < -0.4 is 0 Å². The summed E-state index contributed by atoms with van der Waals surface area (Å²) >= 11 is 0. The molecule has 2 heterocycles. The lowest BCUT2D eigenvalue weighted by atomic mass is 9.89. The second kappa shape index (κ2) is 4.49. The lowest BCUT2D eigenvalue weighted by molar-refractivity contribution is -0.141. The van der Waals surface area contributed by atoms with Crippen molar-refractivity contribution in [1.82, 2.24) is 0 Å². The maximum Gasteiger partial charge on any atom is 0.140 e. The molecule has 0 amide bonds. The summed E-state index contributed by atoms with van der Waals surface area (Å²) in [6.07, 6.45) is 1.79. The van der Waals surface area contributed by atoms with Crippen molar-refractivity contribution in [2.45, 2.75) is 38.7 Å². The predicted octanol–water partition coefficient (Wildman–Crippen LogP) is 3.59. The molecule has 1 saturated heterocycles. The van der Waals surface area contributed by atoms with Gasteiger partial charge in [-0.15, -0.1) is 0 Å². The van der Waals surface area contributed by atoms with Crippen LogP contribution in [0.3, 0.4) is 0 Å². The highest BCUT2D eigenvalue weighted by Gasteiger charge is 2.39. The van der Waals surface area contributed by atoms with Crippen LogP contribution in [0, 0.1) is 0 Å². The van der Waals surface area contributed by atoms with Gasteiger partial charge in [-0.1, -0.05) is 25.1 Å². The number of rotatable bonds is 2. The van der Waals surface area contributed by atoms with Crippen molar-refractivity contribution in [2.75, 3.05) is 6.61 Å². The van der Waals surface area contributed by atoms with Crippen molar-refractivity contribution in [2.24, 2.45) is 0 Å². The van der Waals surface area contributed by atoms with Crippen LogP contribution in [0.5, 0.6) is 0 Å². The van der Waals surface area contributed by atoms with Gasteiger partial charge in [0.25, 0.3) is 0 Å². The van der Waals surface area contributed by atoms with E-state index in [0.29, 0.717) is 19.4 Å². The van der Waals surface area contributed by atoms with E-state index in [0.717, 1.165) is 28.7 Å². The van der Waals surface area contributed by atoms with Crippen LogP contribution in [0.15, 0.2) is 28.7 Å². The molecule has 0 saturated carbocycles. The predicted molar refractivity (Wildman–Crippen MR) is 73.1 cm³/mol. The molecule has 0 aliphatic carbocycles. The Morgan fingerprint density at radius 1 is 1.32 bits per heavy atom. The van der Waals surface area contributed by atoms with Crippen molar-refractivity contribution in [1.29, 1.82) is 0 Å². The van der Waals surface area contributed by atoms with Gasteiger partial charge in [-0.05, 0) is 19.4 Å². The Bertz CT molecular complexity index is 626. The molecule has 2 aromatic rings. The minimum Gasteiger partial charge on any atom is -0.458 e. The first-order chi connectivity index (χ1) is 9.14. The minimum atomic E-state index is -0.611. The number of hydrogen-bond acceptors (Lipinski definition) is 3. The van der Waals surface area contributed by atoms with Crippen molar-refractivity contribution < 1.29 is 13.9 Å². The smallest absolute Gasteiger partial charge is 0.140 e. The molecule has 3 nitrogen and oxygen atoms in total. The van der Waals surface area contributed by atoms with Gasteiger partial charge in [-0.3, -0.25) is 4.79 Å². The van der Waals surface area contributed by atoms with Crippen LogP contribution in [-0.4, -0.2) is 12.4 Å². The van der Waals surface area contributed by atoms with Gasteiger partial charge >= 0.3 is 0 Å². The number of carbonyl (C=O) groups excluding carboxylic acids is 1. The first-order valence-electron chi connectivity index (χ1n) is 6.80. The highest BCUT2D eigenvalue weighted by molar-refractivity contribution is 5.84. The number of furan rings is 1. The van der Waals surface area contributed by atoms with E-state index in [-0.39, 0.29) is 5.78 Å². The van der Waals surface area contributed by atoms with E-state index in [9.17, 15) is 4.79 Å². The second-order valence-corrected chi connectivity index (χ2v) is 5.30. The van der Waals surface area contributed by atoms with Crippen LogP contribution in [0.2, 0.25) is 0 Å². The molecule has 3 heteroatoms. The number of carbonyl (C=O) groups is 1. The fourth-order valence-corrected chi connectivity index (χ4v) is 2.93. The Morgan fingerprint density at radius 3 is 2.84 bits per heavy atom. The van der Waals surface area contributed by atoms with Crippen LogP contribution >= 0.6 is 0 Å². The molecule has 1 unspecified atom stereocenters. The average Bonchev–Trinajstić information content (AvgIpc) is 2.77. The fraction of sp³-hybridized carbons (Fsp3) is 0.438. The summed E-state index contributed by atoms with van der Waals surface area (Å²) in [4.78, 5) is 11.7. The normalized spacial score (nSPS) is 24.0. The number of aryl methyl sites for hydroxylation is 1. The molecule has 100 valence electrons. The van der Waals surface area contributed by atoms with E-state index in [2.05, 4.69) is 13.0 Å². The zero-order chi connectivity index (χ0) is 13.5. The number of hydrogen-bond donors (Lipinski definition) is 0. The highest BCUT2D eigenvalue weighted by atomic mass is 16.5. The number of ether oxygens (including phenoxy) is 1. The average molecular weight is 258 g/mol. The summed E-state index contributed by atoms with van der Waals surface area (Å²) in [7, 11) is 0. The number of para-hydroxylation sites is 1. The SMILES string of the molecule is CCc1c(C2(C)CC(=O)CCO2)oc2ccccc12. The van der Waals surface area contributed by atoms with E-state index in [4.69, 9.17) is 9.15 Å². The molecule has 1 atom stereocenters. The maximum absolute atomic E-state index is 11.7. The topological polar surface area (TPSA) is 39.4 Å². The first kappa shape index (κ1) is 12.4. The summed E-state index contributed by atoms with van der Waals surface area (Å²) in [5.41, 5.74) is 1.42. The summed E-state index contributed by atoms with van der Waals surface area (Å²) in [5.74, 6) is 1.07. The monoisotopic (exact) mass is 258 g/mol. The highest BCUT2D eigenvalue weighted by Crippen LogP contribution is 2.40. The molecule has 0 spiro atoms. The third kappa shape index (κ3) is 1.98. The number of fused-ring (bicyclic) bond motifs is 1. The van der Waals surface area contributed by atoms with E-state index in [1.165, 1.54) is 0 Å². The van der Waals surface area contributed by atoms with Crippen LogP contribution in [-0.2, 0) is 21.6 Å². The van der Waals surface area contributed by atoms with Crippen LogP contribution in [0.25, 0.3) is 11.0 Å². The summed E-state index contributed by atoms with van der Waals surface area (Å²) in [5, 5.41) is 1.13.